The van der Waals surface area contributed by atoms with Gasteiger partial charge in [-0.25, -0.2) is 9.48 Å². The number of esters is 1. The molecule has 7 heteroatoms. The molecule has 2 heterocycles. The molecule has 152 valence electrons. The molecule has 29 heavy (non-hydrogen) atoms. The van der Waals surface area contributed by atoms with Gasteiger partial charge >= 0.3 is 5.97 Å². The summed E-state index contributed by atoms with van der Waals surface area (Å²) < 4.78 is 11.9. The van der Waals surface area contributed by atoms with Gasteiger partial charge in [0, 0.05) is 17.8 Å². The van der Waals surface area contributed by atoms with Crippen LogP contribution in [-0.4, -0.2) is 46.8 Å². The fraction of sp³-hybridized carbons (Fsp3) is 0.318. The van der Waals surface area contributed by atoms with E-state index in [1.165, 1.54) is 4.68 Å². The first kappa shape index (κ1) is 20.4. The Labute approximate surface area is 170 Å². The van der Waals surface area contributed by atoms with E-state index in [1.54, 1.807) is 43.2 Å². The molecule has 3 rings (SSSR count). The van der Waals surface area contributed by atoms with Crippen LogP contribution in [0.4, 0.5) is 0 Å². The summed E-state index contributed by atoms with van der Waals surface area (Å²) in [6, 6.07) is 7.18. The standard InChI is InChI=1S/C22H25N3O4/c1-5-8-15(6-2)24-14-13-18-19(22(27)29-7-3)23-25(20(18)21(24)26)16-9-11-17(28-4)12-10-16/h5-6,8-12H,7,13-14H2,1-4H3. The van der Waals surface area contributed by atoms with Gasteiger partial charge in [-0.3, -0.25) is 4.79 Å². The molecule has 0 aliphatic carbocycles. The summed E-state index contributed by atoms with van der Waals surface area (Å²) in [5.41, 5.74) is 2.67. The van der Waals surface area contributed by atoms with Crippen molar-refractivity contribution in [3.05, 3.63) is 65.1 Å². The van der Waals surface area contributed by atoms with Crippen LogP contribution in [-0.2, 0) is 11.2 Å². The molecule has 1 aromatic carbocycles. The Kier molecular flexibility index (Phi) is 6.16. The first-order valence-electron chi connectivity index (χ1n) is 9.60. The van der Waals surface area contributed by atoms with Gasteiger partial charge in [-0.1, -0.05) is 12.2 Å². The lowest BCUT2D eigenvalue weighted by Gasteiger charge is -2.28. The van der Waals surface area contributed by atoms with E-state index >= 15 is 0 Å². The van der Waals surface area contributed by atoms with Crippen LogP contribution in [0, 0.1) is 0 Å². The number of hydrogen-bond acceptors (Lipinski definition) is 5. The zero-order valence-corrected chi connectivity index (χ0v) is 17.1. The van der Waals surface area contributed by atoms with Gasteiger partial charge in [-0.05, 0) is 57.5 Å². The van der Waals surface area contributed by atoms with Crippen molar-refractivity contribution in [2.75, 3.05) is 20.3 Å². The average molecular weight is 395 g/mol. The number of carbonyl (C=O) groups excluding carboxylic acids is 2. The molecule has 0 saturated heterocycles. The fourth-order valence-electron chi connectivity index (χ4n) is 3.39. The highest BCUT2D eigenvalue weighted by Crippen LogP contribution is 2.29. The molecule has 0 bridgehead atoms. The van der Waals surface area contributed by atoms with E-state index in [0.29, 0.717) is 35.7 Å². The molecule has 0 unspecified atom stereocenters. The van der Waals surface area contributed by atoms with Crippen LogP contribution in [0.15, 0.2) is 48.2 Å². The van der Waals surface area contributed by atoms with Gasteiger partial charge < -0.3 is 14.4 Å². The number of nitrogens with zero attached hydrogens (tertiary/aromatic N) is 3. The molecule has 0 fully saturated rings. The number of ether oxygens (including phenoxy) is 2. The highest BCUT2D eigenvalue weighted by atomic mass is 16.5. The molecule has 0 spiro atoms. The van der Waals surface area contributed by atoms with Crippen LogP contribution in [0.25, 0.3) is 5.69 Å². The molecule has 7 nitrogen and oxygen atoms in total. The number of allylic oxidation sites excluding steroid dienone is 3. The van der Waals surface area contributed by atoms with Crippen molar-refractivity contribution in [1.82, 2.24) is 14.7 Å². The van der Waals surface area contributed by atoms with Crippen molar-refractivity contribution in [2.45, 2.75) is 27.2 Å². The number of amides is 1. The van der Waals surface area contributed by atoms with Crippen molar-refractivity contribution in [3.8, 4) is 11.4 Å². The lowest BCUT2D eigenvalue weighted by molar-refractivity contribution is 0.0517. The highest BCUT2D eigenvalue weighted by molar-refractivity contribution is 6.01. The van der Waals surface area contributed by atoms with E-state index in [0.717, 1.165) is 5.70 Å². The molecular formula is C22H25N3O4. The average Bonchev–Trinajstić information content (AvgIpc) is 3.13. The summed E-state index contributed by atoms with van der Waals surface area (Å²) in [6.45, 7) is 6.25. The largest absolute Gasteiger partial charge is 0.497 e. The topological polar surface area (TPSA) is 73.7 Å². The van der Waals surface area contributed by atoms with Crippen LogP contribution in [0.2, 0.25) is 0 Å². The normalized spacial score (nSPS) is 14.3. The van der Waals surface area contributed by atoms with Crippen molar-refractivity contribution < 1.29 is 19.1 Å². The molecule has 1 aliphatic rings. The molecule has 0 saturated carbocycles. The summed E-state index contributed by atoms with van der Waals surface area (Å²) >= 11 is 0. The van der Waals surface area contributed by atoms with Gasteiger partial charge in [0.2, 0.25) is 0 Å². The smallest absolute Gasteiger partial charge is 0.359 e. The number of carbonyl (C=O) groups is 2. The number of fused-ring (bicyclic) bond motifs is 1. The third-order valence-electron chi connectivity index (χ3n) is 4.75. The van der Waals surface area contributed by atoms with Gasteiger partial charge in [-0.2, -0.15) is 5.10 Å². The quantitative estimate of drug-likeness (QED) is 0.553. The predicted octanol–water partition coefficient (Wildman–Crippen LogP) is 3.54. The van der Waals surface area contributed by atoms with Gasteiger partial charge in [-0.15, -0.1) is 0 Å². The van der Waals surface area contributed by atoms with Crippen LogP contribution in [0.1, 0.15) is 47.3 Å². The summed E-state index contributed by atoms with van der Waals surface area (Å²) in [7, 11) is 1.59. The second-order valence-electron chi connectivity index (χ2n) is 6.43. The van der Waals surface area contributed by atoms with E-state index in [9.17, 15) is 9.59 Å². The van der Waals surface area contributed by atoms with Crippen LogP contribution < -0.4 is 4.74 Å². The maximum Gasteiger partial charge on any atom is 0.359 e. The molecule has 2 aromatic rings. The minimum absolute atomic E-state index is 0.193. The second-order valence-corrected chi connectivity index (χ2v) is 6.43. The van der Waals surface area contributed by atoms with E-state index < -0.39 is 5.97 Å². The van der Waals surface area contributed by atoms with Gasteiger partial charge in [0.1, 0.15) is 11.4 Å². The van der Waals surface area contributed by atoms with Gasteiger partial charge in [0.25, 0.3) is 5.91 Å². The fourth-order valence-corrected chi connectivity index (χ4v) is 3.39. The Morgan fingerprint density at radius 1 is 1.24 bits per heavy atom. The molecule has 0 atom stereocenters. The summed E-state index contributed by atoms with van der Waals surface area (Å²) in [5, 5.41) is 4.47. The molecular weight excluding hydrogens is 370 g/mol. The maximum atomic E-state index is 13.4. The third-order valence-corrected chi connectivity index (χ3v) is 4.75. The van der Waals surface area contributed by atoms with Crippen molar-refractivity contribution in [3.63, 3.8) is 0 Å². The van der Waals surface area contributed by atoms with Gasteiger partial charge in [0.15, 0.2) is 5.69 Å². The zero-order chi connectivity index (χ0) is 21.0. The van der Waals surface area contributed by atoms with E-state index in [2.05, 4.69) is 5.10 Å². The minimum atomic E-state index is -0.517. The maximum absolute atomic E-state index is 13.4. The van der Waals surface area contributed by atoms with Gasteiger partial charge in [0.05, 0.1) is 19.4 Å². The first-order chi connectivity index (χ1) is 14.0. The van der Waals surface area contributed by atoms with E-state index in [4.69, 9.17) is 9.47 Å². The third kappa shape index (κ3) is 3.81. The first-order valence-corrected chi connectivity index (χ1v) is 9.60. The summed E-state index contributed by atoms with van der Waals surface area (Å²) in [6.07, 6.45) is 6.19. The minimum Gasteiger partial charge on any atom is -0.497 e. The Hall–Kier alpha value is -3.35. The molecule has 0 radical (unpaired) electrons. The number of hydrogen-bond donors (Lipinski definition) is 0. The Balaban J connectivity index is 2.14. The van der Waals surface area contributed by atoms with Crippen molar-refractivity contribution >= 4 is 11.9 Å². The van der Waals surface area contributed by atoms with Crippen LogP contribution >= 0.6 is 0 Å². The zero-order valence-electron chi connectivity index (χ0n) is 17.1. The monoisotopic (exact) mass is 395 g/mol. The number of aromatic nitrogens is 2. The Bertz CT molecular complexity index is 971. The van der Waals surface area contributed by atoms with Crippen molar-refractivity contribution in [2.24, 2.45) is 0 Å². The molecule has 1 aromatic heterocycles. The predicted molar refractivity (Wildman–Crippen MR) is 109 cm³/mol. The summed E-state index contributed by atoms with van der Waals surface area (Å²) in [5.74, 6) is -0.0223. The van der Waals surface area contributed by atoms with Crippen LogP contribution in [0.3, 0.4) is 0 Å². The number of rotatable bonds is 6. The van der Waals surface area contributed by atoms with E-state index in [-0.39, 0.29) is 18.2 Å². The van der Waals surface area contributed by atoms with Crippen molar-refractivity contribution in [1.29, 1.82) is 0 Å². The van der Waals surface area contributed by atoms with Crippen LogP contribution in [0.5, 0.6) is 5.75 Å². The lowest BCUT2D eigenvalue weighted by Crippen LogP contribution is -2.37. The molecule has 1 amide bonds. The molecule has 0 N–H and O–H groups in total. The Morgan fingerprint density at radius 2 is 1.97 bits per heavy atom. The number of benzene rings is 1. The Morgan fingerprint density at radius 3 is 2.55 bits per heavy atom. The lowest BCUT2D eigenvalue weighted by atomic mass is 10.0. The highest BCUT2D eigenvalue weighted by Gasteiger charge is 2.35. The number of methoxy groups -OCH3 is 1. The second kappa shape index (κ2) is 8.77. The molecule has 1 aliphatic heterocycles. The summed E-state index contributed by atoms with van der Waals surface area (Å²) in [4.78, 5) is 27.6. The van der Waals surface area contributed by atoms with E-state index in [1.807, 2.05) is 32.1 Å². The SMILES string of the molecule is CC=CC(=CC)N1CCc2c(C(=O)OCC)nn(-c3ccc(OC)cc3)c2C1=O.